The van der Waals surface area contributed by atoms with Gasteiger partial charge in [-0.2, -0.15) is 0 Å². The Morgan fingerprint density at radius 2 is 1.86 bits per heavy atom. The molecule has 42 valence electrons. The predicted molar refractivity (Wildman–Crippen MR) is 39.4 cm³/mol. The zero-order chi connectivity index (χ0) is 5.28. The molecule has 0 aromatic carbocycles. The molecule has 0 aromatic rings. The van der Waals surface area contributed by atoms with Gasteiger partial charge in [-0.25, -0.2) is 0 Å². The van der Waals surface area contributed by atoms with Crippen LogP contribution in [0.4, 0.5) is 0 Å². The number of nitrogens with zero attached hydrogens (tertiary/aromatic N) is 1. The van der Waals surface area contributed by atoms with E-state index in [1.54, 1.807) is 0 Å². The molecule has 0 bridgehead atoms. The van der Waals surface area contributed by atoms with E-state index in [4.69, 9.17) is 0 Å². The Labute approximate surface area is 51.1 Å². The predicted octanol–water partition coefficient (Wildman–Crippen LogP) is -1.60. The van der Waals surface area contributed by atoms with Crippen LogP contribution in [0.3, 0.4) is 0 Å². The molecule has 0 unspecified atom stereocenters. The van der Waals surface area contributed by atoms with Crippen LogP contribution >= 0.6 is 0 Å². The molecule has 0 radical (unpaired) electrons. The summed E-state index contributed by atoms with van der Waals surface area (Å²) in [5.74, 6) is 0. The van der Waals surface area contributed by atoms with Crippen molar-refractivity contribution in [1.82, 2.24) is 4.23 Å². The van der Waals surface area contributed by atoms with Gasteiger partial charge in [-0.05, 0) is 18.9 Å². The lowest BCUT2D eigenvalue weighted by molar-refractivity contribution is 0.311. The van der Waals surface area contributed by atoms with Gasteiger partial charge >= 0.3 is 0 Å². The van der Waals surface area contributed by atoms with Crippen LogP contribution in [0.5, 0.6) is 0 Å². The fourth-order valence-electron chi connectivity index (χ4n) is 0.903. The second-order valence-corrected chi connectivity index (χ2v) is 7.16. The first-order chi connectivity index (χ1) is 3.30. The highest BCUT2D eigenvalue weighted by Gasteiger charge is 2.17. The van der Waals surface area contributed by atoms with Crippen molar-refractivity contribution < 1.29 is 0 Å². The molecule has 1 rings (SSSR count). The van der Waals surface area contributed by atoms with Crippen molar-refractivity contribution in [3.63, 3.8) is 0 Å². The minimum atomic E-state index is 1.04. The van der Waals surface area contributed by atoms with E-state index < -0.39 is 0 Å². The minimum Gasteiger partial charge on any atom is -0.358 e. The average molecular weight is 131 g/mol. The fourth-order valence-corrected chi connectivity index (χ4v) is 1.94. The molecule has 3 heteroatoms. The van der Waals surface area contributed by atoms with E-state index in [9.17, 15) is 0 Å². The lowest BCUT2D eigenvalue weighted by Gasteiger charge is -2.32. The lowest BCUT2D eigenvalue weighted by atomic mass is 9.94. The van der Waals surface area contributed by atoms with E-state index in [1.807, 2.05) is 0 Å². The molecule has 1 saturated carbocycles. The van der Waals surface area contributed by atoms with Crippen molar-refractivity contribution in [3.05, 3.63) is 0 Å². The number of rotatable bonds is 1. The Morgan fingerprint density at radius 1 is 1.29 bits per heavy atom. The summed E-state index contributed by atoms with van der Waals surface area (Å²) in [6.45, 7) is 0. The monoisotopic (exact) mass is 131 g/mol. The second kappa shape index (κ2) is 2.11. The van der Waals surface area contributed by atoms with Gasteiger partial charge in [-0.15, -0.1) is 0 Å². The van der Waals surface area contributed by atoms with Gasteiger partial charge in [0.1, 0.15) is 0 Å². The Balaban J connectivity index is 2.14. The van der Waals surface area contributed by atoms with Crippen LogP contribution in [0.1, 0.15) is 19.3 Å². The number of hydrogen-bond acceptors (Lipinski definition) is 1. The van der Waals surface area contributed by atoms with E-state index >= 15 is 0 Å². The largest absolute Gasteiger partial charge is 0.358 e. The molecule has 7 heavy (non-hydrogen) atoms. The summed E-state index contributed by atoms with van der Waals surface area (Å²) in [7, 11) is 2.62. The lowest BCUT2D eigenvalue weighted by Crippen LogP contribution is -2.36. The maximum absolute atomic E-state index is 2.59. The molecule has 0 spiro atoms. The minimum absolute atomic E-state index is 1.04. The molecule has 0 aromatic heterocycles. The van der Waals surface area contributed by atoms with Crippen molar-refractivity contribution in [2.75, 3.05) is 0 Å². The summed E-state index contributed by atoms with van der Waals surface area (Å²) in [6.07, 6.45) is 4.48. The van der Waals surface area contributed by atoms with Crippen LogP contribution in [-0.2, 0) is 0 Å². The smallest absolute Gasteiger partial charge is 0.0700 e. The van der Waals surface area contributed by atoms with Gasteiger partial charge in [0, 0.05) is 0 Å². The van der Waals surface area contributed by atoms with Gasteiger partial charge in [-0.1, -0.05) is 6.42 Å². The van der Waals surface area contributed by atoms with Crippen LogP contribution in [0.25, 0.3) is 0 Å². The molecule has 1 fully saturated rings. The van der Waals surface area contributed by atoms with Crippen molar-refractivity contribution in [2.24, 2.45) is 0 Å². The van der Waals surface area contributed by atoms with Crippen LogP contribution < -0.4 is 0 Å². The molecule has 0 atom stereocenters. The van der Waals surface area contributed by atoms with Gasteiger partial charge < -0.3 is 4.23 Å². The van der Waals surface area contributed by atoms with E-state index in [0.29, 0.717) is 0 Å². The topological polar surface area (TPSA) is 3.24 Å². The second-order valence-electron chi connectivity index (χ2n) is 2.55. The normalized spacial score (nSPS) is 23.6. The first-order valence-corrected chi connectivity index (χ1v) is 4.76. The van der Waals surface area contributed by atoms with E-state index in [-0.39, 0.29) is 0 Å². The molecule has 0 heterocycles. The zero-order valence-electron chi connectivity index (χ0n) is 5.15. The van der Waals surface area contributed by atoms with E-state index in [2.05, 4.69) is 4.23 Å². The fraction of sp³-hybridized carbons (Fsp3) is 1.00. The van der Waals surface area contributed by atoms with Gasteiger partial charge in [0.2, 0.25) is 0 Å². The van der Waals surface area contributed by atoms with Crippen molar-refractivity contribution >= 4 is 20.8 Å². The Hall–Kier alpha value is 0.394. The maximum Gasteiger partial charge on any atom is 0.0700 e. The molecule has 1 aliphatic carbocycles. The first-order valence-electron chi connectivity index (χ1n) is 2.97. The molecule has 1 aliphatic rings. The standard InChI is InChI=1S/C4H13NSi2/c6-5(7)4-2-1-3-4/h4H,1-3H2,6-7H3. The molecular formula is C4H13NSi2. The molecule has 0 aliphatic heterocycles. The van der Waals surface area contributed by atoms with Crippen LogP contribution in [0, 0.1) is 0 Å². The highest BCUT2D eigenvalue weighted by molar-refractivity contribution is 6.25. The van der Waals surface area contributed by atoms with Gasteiger partial charge in [0.15, 0.2) is 0 Å². The third-order valence-electron chi connectivity index (χ3n) is 1.80. The van der Waals surface area contributed by atoms with Gasteiger partial charge in [0.05, 0.1) is 20.8 Å². The number of hydrogen-bond donors (Lipinski definition) is 0. The molecule has 0 amide bonds. The van der Waals surface area contributed by atoms with Crippen LogP contribution in [-0.4, -0.2) is 31.1 Å². The summed E-state index contributed by atoms with van der Waals surface area (Å²) in [5.41, 5.74) is 0. The third kappa shape index (κ3) is 1.14. The Kier molecular flexibility index (Phi) is 1.66. The highest BCUT2D eigenvalue weighted by atomic mass is 28.2. The summed E-state index contributed by atoms with van der Waals surface area (Å²) in [4.78, 5) is 0. The molecule has 1 nitrogen and oxygen atoms in total. The Bertz CT molecular complexity index is 60.7. The molecule has 0 N–H and O–H groups in total. The zero-order valence-corrected chi connectivity index (χ0v) is 9.15. The van der Waals surface area contributed by atoms with Crippen LogP contribution in [0.2, 0.25) is 0 Å². The quantitative estimate of drug-likeness (QED) is 0.388. The summed E-state index contributed by atoms with van der Waals surface area (Å²) >= 11 is 0. The summed E-state index contributed by atoms with van der Waals surface area (Å²) in [5, 5.41) is 0. The highest BCUT2D eigenvalue weighted by Crippen LogP contribution is 2.21. The molecule has 0 saturated heterocycles. The maximum atomic E-state index is 2.59. The van der Waals surface area contributed by atoms with Gasteiger partial charge in [-0.3, -0.25) is 0 Å². The SMILES string of the molecule is [SiH3]N([SiH3])C1CCC1. The molecular weight excluding hydrogens is 118 g/mol. The third-order valence-corrected chi connectivity index (χ3v) is 3.27. The summed E-state index contributed by atoms with van der Waals surface area (Å²) in [6, 6.07) is 1.04. The van der Waals surface area contributed by atoms with Crippen molar-refractivity contribution in [1.29, 1.82) is 0 Å². The Morgan fingerprint density at radius 3 is 1.86 bits per heavy atom. The average Bonchev–Trinajstić information content (AvgIpc) is 1.23. The van der Waals surface area contributed by atoms with Crippen molar-refractivity contribution in [3.8, 4) is 0 Å². The van der Waals surface area contributed by atoms with Crippen LogP contribution in [0.15, 0.2) is 0 Å². The summed E-state index contributed by atoms with van der Waals surface area (Å²) < 4.78 is 2.59. The van der Waals surface area contributed by atoms with E-state index in [1.165, 1.54) is 40.1 Å². The van der Waals surface area contributed by atoms with E-state index in [0.717, 1.165) is 6.04 Å². The van der Waals surface area contributed by atoms with Crippen molar-refractivity contribution in [2.45, 2.75) is 25.3 Å². The van der Waals surface area contributed by atoms with Gasteiger partial charge in [0.25, 0.3) is 0 Å². The first kappa shape index (κ1) is 5.53.